The van der Waals surface area contributed by atoms with Crippen LogP contribution in [0.15, 0.2) is 77.0 Å². The second-order valence-corrected chi connectivity index (χ2v) is 8.22. The van der Waals surface area contributed by atoms with Crippen LogP contribution in [0.4, 0.5) is 17.1 Å². The van der Waals surface area contributed by atoms with Crippen molar-refractivity contribution < 1.29 is 9.59 Å². The third kappa shape index (κ3) is 2.19. The second-order valence-electron chi connectivity index (χ2n) is 8.22. The first-order valence-electron chi connectivity index (χ1n) is 9.85. The third-order valence-electron chi connectivity index (χ3n) is 6.81. The number of azo groups is 1. The molecule has 138 valence electrons. The van der Waals surface area contributed by atoms with Gasteiger partial charge in [-0.15, -0.1) is 0 Å². The van der Waals surface area contributed by atoms with Crippen LogP contribution in [0.25, 0.3) is 0 Å². The Morgan fingerprint density at radius 1 is 0.714 bits per heavy atom. The van der Waals surface area contributed by atoms with Crippen molar-refractivity contribution in [2.45, 2.75) is 6.42 Å². The molecule has 0 N–H and O–H groups in total. The molecular weight excluding hydrogens is 350 g/mol. The van der Waals surface area contributed by atoms with Gasteiger partial charge in [0.05, 0.1) is 28.9 Å². The van der Waals surface area contributed by atoms with Gasteiger partial charge in [-0.1, -0.05) is 30.4 Å². The van der Waals surface area contributed by atoms with Crippen molar-refractivity contribution in [2.75, 3.05) is 4.90 Å². The SMILES string of the molecule is O=C1[C@@H]2[C@H]3C=C[C@@H]([C@@H]4C[C@H]34)[C@H]2C(=O)N1c1ccc(N=Nc2ccccc2)cc1. The van der Waals surface area contributed by atoms with Crippen LogP contribution in [0.2, 0.25) is 0 Å². The maximum atomic E-state index is 13.1. The number of nitrogens with zero attached hydrogens (tertiary/aromatic N) is 3. The fraction of sp³-hybridized carbons (Fsp3) is 0.304. The Morgan fingerprint density at radius 3 is 1.82 bits per heavy atom. The summed E-state index contributed by atoms with van der Waals surface area (Å²) >= 11 is 0. The van der Waals surface area contributed by atoms with Crippen molar-refractivity contribution >= 4 is 28.9 Å². The number of hydrogen-bond acceptors (Lipinski definition) is 4. The number of imide groups is 1. The molecule has 1 aliphatic heterocycles. The van der Waals surface area contributed by atoms with Gasteiger partial charge in [0.25, 0.3) is 0 Å². The highest BCUT2D eigenvalue weighted by Crippen LogP contribution is 2.65. The van der Waals surface area contributed by atoms with Crippen LogP contribution in [0, 0.1) is 35.5 Å². The van der Waals surface area contributed by atoms with E-state index in [9.17, 15) is 9.59 Å². The molecule has 2 aromatic carbocycles. The van der Waals surface area contributed by atoms with Gasteiger partial charge in [0, 0.05) is 0 Å². The third-order valence-corrected chi connectivity index (χ3v) is 6.81. The van der Waals surface area contributed by atoms with Gasteiger partial charge in [0.1, 0.15) is 0 Å². The standard InChI is InChI=1S/C23H19N3O2/c27-22-20-16-10-11-17(19-12-18(16)19)21(20)23(28)26(22)15-8-6-14(7-9-15)25-24-13-4-2-1-3-5-13/h1-11,16-21H,12H2/t16-,17-,18-,19+,20+,21+/m0/s1. The molecular formula is C23H19N3O2. The molecule has 2 saturated carbocycles. The van der Waals surface area contributed by atoms with E-state index in [-0.39, 0.29) is 35.5 Å². The lowest BCUT2D eigenvalue weighted by molar-refractivity contribution is -0.124. The molecule has 0 unspecified atom stereocenters. The summed E-state index contributed by atoms with van der Waals surface area (Å²) in [5.74, 6) is 1.35. The molecule has 7 rings (SSSR count). The number of amides is 2. The molecule has 1 heterocycles. The lowest BCUT2D eigenvalue weighted by atomic mass is 9.63. The first-order chi connectivity index (χ1) is 13.7. The Hall–Kier alpha value is -3.08. The van der Waals surface area contributed by atoms with Gasteiger partial charge in [-0.2, -0.15) is 10.2 Å². The van der Waals surface area contributed by atoms with Crippen LogP contribution in [-0.2, 0) is 9.59 Å². The minimum Gasteiger partial charge on any atom is -0.274 e. The van der Waals surface area contributed by atoms with E-state index in [4.69, 9.17) is 0 Å². The number of carbonyl (C=O) groups is 2. The molecule has 4 aliphatic carbocycles. The van der Waals surface area contributed by atoms with E-state index in [1.165, 1.54) is 11.3 Å². The molecule has 2 bridgehead atoms. The zero-order chi connectivity index (χ0) is 18.8. The molecule has 5 heteroatoms. The highest BCUT2D eigenvalue weighted by atomic mass is 16.2. The van der Waals surface area contributed by atoms with E-state index in [1.54, 1.807) is 24.3 Å². The van der Waals surface area contributed by atoms with E-state index in [1.807, 2.05) is 30.3 Å². The van der Waals surface area contributed by atoms with Crippen molar-refractivity contribution in [3.05, 3.63) is 66.7 Å². The van der Waals surface area contributed by atoms with Crippen molar-refractivity contribution in [1.82, 2.24) is 0 Å². The number of benzene rings is 2. The van der Waals surface area contributed by atoms with Crippen LogP contribution < -0.4 is 4.90 Å². The summed E-state index contributed by atoms with van der Waals surface area (Å²) in [6, 6.07) is 16.7. The minimum atomic E-state index is -0.163. The Bertz CT molecular complexity index is 992. The smallest absolute Gasteiger partial charge is 0.238 e. The van der Waals surface area contributed by atoms with Gasteiger partial charge in [-0.3, -0.25) is 14.5 Å². The van der Waals surface area contributed by atoms with Crippen molar-refractivity contribution in [1.29, 1.82) is 0 Å². The maximum Gasteiger partial charge on any atom is 0.238 e. The van der Waals surface area contributed by atoms with Gasteiger partial charge >= 0.3 is 0 Å². The number of rotatable bonds is 3. The lowest BCUT2D eigenvalue weighted by Gasteiger charge is -2.37. The number of carbonyl (C=O) groups excluding carboxylic acids is 2. The van der Waals surface area contributed by atoms with E-state index >= 15 is 0 Å². The highest BCUT2D eigenvalue weighted by Gasteiger charge is 2.67. The molecule has 2 amide bonds. The Balaban J connectivity index is 1.26. The monoisotopic (exact) mass is 369 g/mol. The van der Waals surface area contributed by atoms with Crippen molar-refractivity contribution in [3.8, 4) is 0 Å². The van der Waals surface area contributed by atoms with E-state index in [0.29, 0.717) is 23.2 Å². The molecule has 5 nitrogen and oxygen atoms in total. The fourth-order valence-corrected chi connectivity index (χ4v) is 5.49. The average molecular weight is 369 g/mol. The summed E-state index contributed by atoms with van der Waals surface area (Å²) in [7, 11) is 0. The molecule has 28 heavy (non-hydrogen) atoms. The molecule has 0 radical (unpaired) electrons. The van der Waals surface area contributed by atoms with Gasteiger partial charge in [0.15, 0.2) is 0 Å². The second kappa shape index (κ2) is 5.71. The van der Waals surface area contributed by atoms with Crippen LogP contribution in [0.1, 0.15) is 6.42 Å². The molecule has 5 aliphatic rings. The molecule has 1 saturated heterocycles. The first-order valence-corrected chi connectivity index (χ1v) is 9.85. The summed E-state index contributed by atoms with van der Waals surface area (Å²) < 4.78 is 0. The Kier molecular flexibility index (Phi) is 3.25. The summed E-state index contributed by atoms with van der Waals surface area (Å²) in [4.78, 5) is 27.7. The zero-order valence-electron chi connectivity index (χ0n) is 15.2. The highest BCUT2D eigenvalue weighted by molar-refractivity contribution is 6.22. The van der Waals surface area contributed by atoms with Gasteiger partial charge < -0.3 is 0 Å². The molecule has 2 aromatic rings. The summed E-state index contributed by atoms with van der Waals surface area (Å²) in [6.45, 7) is 0. The van der Waals surface area contributed by atoms with Crippen LogP contribution >= 0.6 is 0 Å². The summed E-state index contributed by atoms with van der Waals surface area (Å²) in [6.07, 6.45) is 5.57. The predicted molar refractivity (Wildman–Crippen MR) is 104 cm³/mol. The van der Waals surface area contributed by atoms with Crippen molar-refractivity contribution in [3.63, 3.8) is 0 Å². The summed E-state index contributed by atoms with van der Waals surface area (Å²) in [5, 5.41) is 8.43. The molecule has 0 spiro atoms. The minimum absolute atomic E-state index is 0.0293. The average Bonchev–Trinajstić information content (AvgIpc) is 3.52. The van der Waals surface area contributed by atoms with Crippen LogP contribution in [0.5, 0.6) is 0 Å². The van der Waals surface area contributed by atoms with E-state index < -0.39 is 0 Å². The molecule has 0 aromatic heterocycles. The Morgan fingerprint density at radius 2 is 1.25 bits per heavy atom. The van der Waals surface area contributed by atoms with Crippen LogP contribution in [-0.4, -0.2) is 11.8 Å². The largest absolute Gasteiger partial charge is 0.274 e. The van der Waals surface area contributed by atoms with Crippen LogP contribution in [0.3, 0.4) is 0 Å². The number of hydrogen-bond donors (Lipinski definition) is 0. The molecule has 3 fully saturated rings. The predicted octanol–water partition coefficient (Wildman–Crippen LogP) is 4.66. The molecule has 6 atom stereocenters. The fourth-order valence-electron chi connectivity index (χ4n) is 5.49. The van der Waals surface area contributed by atoms with Crippen molar-refractivity contribution in [2.24, 2.45) is 45.7 Å². The normalized spacial score (nSPS) is 34.8. The quantitative estimate of drug-likeness (QED) is 0.449. The van der Waals surface area contributed by atoms with Gasteiger partial charge in [-0.05, 0) is 66.5 Å². The Labute approximate surface area is 162 Å². The summed E-state index contributed by atoms with van der Waals surface area (Å²) in [5.41, 5.74) is 2.10. The first kappa shape index (κ1) is 15.9. The zero-order valence-corrected chi connectivity index (χ0v) is 15.2. The van der Waals surface area contributed by atoms with Gasteiger partial charge in [-0.25, -0.2) is 0 Å². The van der Waals surface area contributed by atoms with Gasteiger partial charge in [0.2, 0.25) is 11.8 Å². The van der Waals surface area contributed by atoms with E-state index in [0.717, 1.165) is 5.69 Å². The number of anilines is 1. The number of allylic oxidation sites excluding steroid dienone is 2. The van der Waals surface area contributed by atoms with E-state index in [2.05, 4.69) is 22.4 Å². The lowest BCUT2D eigenvalue weighted by Crippen LogP contribution is -2.40. The maximum absolute atomic E-state index is 13.1. The topological polar surface area (TPSA) is 62.1 Å².